The summed E-state index contributed by atoms with van der Waals surface area (Å²) in [6.07, 6.45) is 1.04. The lowest BCUT2D eigenvalue weighted by atomic mass is 10.2. The van der Waals surface area contributed by atoms with Crippen LogP contribution in [-0.2, 0) is 0 Å². The van der Waals surface area contributed by atoms with Crippen molar-refractivity contribution in [1.82, 2.24) is 4.67 Å². The van der Waals surface area contributed by atoms with Gasteiger partial charge in [0, 0.05) is 18.3 Å². The van der Waals surface area contributed by atoms with Crippen LogP contribution in [0.5, 0.6) is 0 Å². The Morgan fingerprint density at radius 2 is 2.50 bits per heavy atom. The van der Waals surface area contributed by atoms with Gasteiger partial charge in [-0.3, -0.25) is 0 Å². The Labute approximate surface area is 52.0 Å². The van der Waals surface area contributed by atoms with Crippen molar-refractivity contribution in [3.8, 4) is 0 Å². The van der Waals surface area contributed by atoms with Gasteiger partial charge in [0.1, 0.15) is 0 Å². The van der Waals surface area contributed by atoms with Crippen molar-refractivity contribution in [2.75, 3.05) is 6.54 Å². The summed E-state index contributed by atoms with van der Waals surface area (Å²) in [6, 6.07) is 0.201. The minimum Gasteiger partial charge on any atom is -0.358 e. The molecule has 0 aromatic rings. The molecule has 8 heavy (non-hydrogen) atoms. The highest BCUT2D eigenvalue weighted by molar-refractivity contribution is 7.13. The summed E-state index contributed by atoms with van der Waals surface area (Å²) in [5.74, 6) is 0. The number of nitrogens with zero attached hydrogens (tertiary/aromatic N) is 1. The molecule has 0 amide bonds. The molecule has 1 fully saturated rings. The first-order valence-corrected chi connectivity index (χ1v) is 3.20. The largest absolute Gasteiger partial charge is 0.358 e. The smallest absolute Gasteiger partial charge is 0.0459 e. The summed E-state index contributed by atoms with van der Waals surface area (Å²) in [4.78, 5) is 0. The molecule has 2 unspecified atom stereocenters. The first-order chi connectivity index (χ1) is 3.72. The predicted molar refractivity (Wildman–Crippen MR) is 38.1 cm³/mol. The third-order valence-electron chi connectivity index (χ3n) is 1.48. The van der Waals surface area contributed by atoms with Gasteiger partial charge in [-0.1, -0.05) is 6.58 Å². The summed E-state index contributed by atoms with van der Waals surface area (Å²) < 4.78 is 2.02. The Hall–Kier alpha value is -0.0700. The monoisotopic (exact) mass is 130 g/mol. The van der Waals surface area contributed by atoms with Crippen LogP contribution < -0.4 is 5.73 Å². The van der Waals surface area contributed by atoms with E-state index in [-0.39, 0.29) is 6.04 Å². The maximum absolute atomic E-state index is 5.61. The average Bonchev–Trinajstić information content (AvgIpc) is 1.98. The van der Waals surface area contributed by atoms with Gasteiger partial charge in [0.2, 0.25) is 0 Å². The normalized spacial score (nSPS) is 29.5. The van der Waals surface area contributed by atoms with Crippen LogP contribution in [0.4, 0.5) is 0 Å². The third kappa shape index (κ3) is 0.862. The lowest BCUT2D eigenvalue weighted by Crippen LogP contribution is -2.18. The van der Waals surface area contributed by atoms with Crippen LogP contribution in [0.15, 0.2) is 12.3 Å². The molecule has 1 rings (SSSR count). The zero-order valence-electron chi connectivity index (χ0n) is 4.80. The standard InChI is InChI=1S/C5H11N2P/c1-4-5(6)2-3-7(4)8/h5H,1-3,6,8H2. The number of rotatable bonds is 0. The van der Waals surface area contributed by atoms with Crippen molar-refractivity contribution in [1.29, 1.82) is 0 Å². The van der Waals surface area contributed by atoms with Crippen molar-refractivity contribution in [3.63, 3.8) is 0 Å². The molecule has 2 atom stereocenters. The summed E-state index contributed by atoms with van der Waals surface area (Å²) in [5.41, 5.74) is 6.65. The van der Waals surface area contributed by atoms with Crippen molar-refractivity contribution in [2.45, 2.75) is 12.5 Å². The topological polar surface area (TPSA) is 29.3 Å². The highest BCUT2D eigenvalue weighted by Crippen LogP contribution is 2.21. The zero-order valence-corrected chi connectivity index (χ0v) is 5.96. The number of nitrogens with two attached hydrogens (primary N) is 1. The van der Waals surface area contributed by atoms with Crippen LogP contribution in [0, 0.1) is 0 Å². The third-order valence-corrected chi connectivity index (χ3v) is 2.07. The number of hydrogen-bond acceptors (Lipinski definition) is 2. The lowest BCUT2D eigenvalue weighted by molar-refractivity contribution is 0.660. The maximum Gasteiger partial charge on any atom is 0.0459 e. The highest BCUT2D eigenvalue weighted by atomic mass is 31.0. The molecule has 0 aromatic heterocycles. The Balaban J connectivity index is 2.57. The molecular weight excluding hydrogens is 119 g/mol. The van der Waals surface area contributed by atoms with Gasteiger partial charge in [0.05, 0.1) is 0 Å². The predicted octanol–water partition coefficient (Wildman–Crippen LogP) is 0.323. The second kappa shape index (κ2) is 2.04. The van der Waals surface area contributed by atoms with Crippen LogP contribution in [0.25, 0.3) is 0 Å². The fourth-order valence-corrected chi connectivity index (χ4v) is 1.14. The molecule has 1 heterocycles. The second-order valence-electron chi connectivity index (χ2n) is 2.08. The van der Waals surface area contributed by atoms with Gasteiger partial charge in [-0.25, -0.2) is 0 Å². The molecule has 0 spiro atoms. The van der Waals surface area contributed by atoms with Gasteiger partial charge in [0.25, 0.3) is 0 Å². The molecule has 2 nitrogen and oxygen atoms in total. The van der Waals surface area contributed by atoms with E-state index in [0.29, 0.717) is 0 Å². The fourth-order valence-electron chi connectivity index (χ4n) is 0.801. The quantitative estimate of drug-likeness (QED) is 0.478. The maximum atomic E-state index is 5.61. The van der Waals surface area contributed by atoms with E-state index < -0.39 is 0 Å². The minimum atomic E-state index is 0.201. The SMILES string of the molecule is C=C1C(N)CCN1P. The van der Waals surface area contributed by atoms with Crippen LogP contribution in [0.1, 0.15) is 6.42 Å². The molecule has 3 heteroatoms. The molecule has 1 aliphatic heterocycles. The van der Waals surface area contributed by atoms with E-state index in [0.717, 1.165) is 18.7 Å². The van der Waals surface area contributed by atoms with E-state index in [1.54, 1.807) is 0 Å². The Kier molecular flexibility index (Phi) is 1.54. The Bertz CT molecular complexity index is 101. The van der Waals surface area contributed by atoms with Gasteiger partial charge in [-0.15, -0.1) is 0 Å². The van der Waals surface area contributed by atoms with Crippen LogP contribution in [-0.4, -0.2) is 17.3 Å². The Morgan fingerprint density at radius 3 is 2.62 bits per heavy atom. The highest BCUT2D eigenvalue weighted by Gasteiger charge is 2.18. The summed E-state index contributed by atoms with van der Waals surface area (Å²) in [5, 5.41) is 0. The average molecular weight is 130 g/mol. The summed E-state index contributed by atoms with van der Waals surface area (Å²) in [6.45, 7) is 4.83. The molecule has 0 bridgehead atoms. The van der Waals surface area contributed by atoms with E-state index in [1.165, 1.54) is 0 Å². The van der Waals surface area contributed by atoms with Gasteiger partial charge >= 0.3 is 0 Å². The van der Waals surface area contributed by atoms with E-state index in [9.17, 15) is 0 Å². The molecule has 0 radical (unpaired) electrons. The van der Waals surface area contributed by atoms with Crippen LogP contribution in [0.3, 0.4) is 0 Å². The Morgan fingerprint density at radius 1 is 1.88 bits per heavy atom. The van der Waals surface area contributed by atoms with Crippen LogP contribution in [0.2, 0.25) is 0 Å². The molecule has 0 saturated carbocycles. The number of hydrogen-bond donors (Lipinski definition) is 1. The van der Waals surface area contributed by atoms with Gasteiger partial charge in [-0.2, -0.15) is 0 Å². The molecule has 0 aliphatic carbocycles. The molecule has 46 valence electrons. The molecule has 1 aliphatic rings. The van der Waals surface area contributed by atoms with Crippen molar-refractivity contribution in [3.05, 3.63) is 12.3 Å². The second-order valence-corrected chi connectivity index (χ2v) is 2.70. The van der Waals surface area contributed by atoms with Crippen LogP contribution >= 0.6 is 9.39 Å². The fraction of sp³-hybridized carbons (Fsp3) is 0.600. The van der Waals surface area contributed by atoms with Gasteiger partial charge < -0.3 is 10.4 Å². The molecule has 0 aromatic carbocycles. The lowest BCUT2D eigenvalue weighted by Gasteiger charge is -2.11. The first-order valence-electron chi connectivity index (χ1n) is 2.68. The van der Waals surface area contributed by atoms with Gasteiger partial charge in [-0.05, 0) is 15.8 Å². The van der Waals surface area contributed by atoms with E-state index in [2.05, 4.69) is 16.0 Å². The zero-order chi connectivity index (χ0) is 6.15. The van der Waals surface area contributed by atoms with E-state index >= 15 is 0 Å². The molecular formula is C5H11N2P. The first kappa shape index (κ1) is 6.06. The van der Waals surface area contributed by atoms with E-state index in [1.807, 2.05) is 4.67 Å². The summed E-state index contributed by atoms with van der Waals surface area (Å²) >= 11 is 0. The minimum absolute atomic E-state index is 0.201. The van der Waals surface area contributed by atoms with Gasteiger partial charge in [0.15, 0.2) is 0 Å². The summed E-state index contributed by atoms with van der Waals surface area (Å²) in [7, 11) is 2.59. The van der Waals surface area contributed by atoms with E-state index in [4.69, 9.17) is 5.73 Å². The van der Waals surface area contributed by atoms with Crippen molar-refractivity contribution in [2.24, 2.45) is 5.73 Å². The molecule has 2 N–H and O–H groups in total. The molecule has 1 saturated heterocycles. The van der Waals surface area contributed by atoms with Crippen molar-refractivity contribution >= 4 is 9.39 Å². The van der Waals surface area contributed by atoms with Crippen molar-refractivity contribution < 1.29 is 0 Å².